The molecule has 0 radical (unpaired) electrons. The Hall–Kier alpha value is -3.29. The maximum absolute atomic E-state index is 12.5. The number of Topliss-reactive ketones (excluding diaryl/α,β-unsaturated/α-hetero) is 1. The monoisotopic (exact) mass is 367 g/mol. The van der Waals surface area contributed by atoms with Gasteiger partial charge in [0.2, 0.25) is 11.9 Å². The fourth-order valence-corrected chi connectivity index (χ4v) is 2.86. The van der Waals surface area contributed by atoms with Crippen LogP contribution in [0.2, 0.25) is 0 Å². The summed E-state index contributed by atoms with van der Waals surface area (Å²) in [6, 6.07) is 8.30. The number of ketones is 1. The molecule has 8 heteroatoms. The second-order valence-corrected chi connectivity index (χ2v) is 6.33. The Labute approximate surface area is 157 Å². The first-order valence-corrected chi connectivity index (χ1v) is 8.70. The van der Waals surface area contributed by atoms with E-state index in [9.17, 15) is 14.4 Å². The minimum absolute atomic E-state index is 0.0523. The van der Waals surface area contributed by atoms with E-state index < -0.39 is 0 Å². The molecule has 0 bridgehead atoms. The Bertz CT molecular complexity index is 875. The summed E-state index contributed by atoms with van der Waals surface area (Å²) in [4.78, 5) is 47.7. The number of aromatic nitrogens is 2. The minimum atomic E-state index is -0.373. The van der Waals surface area contributed by atoms with Gasteiger partial charge in [0.15, 0.2) is 5.78 Å². The number of amides is 2. The molecule has 2 aromatic rings. The van der Waals surface area contributed by atoms with Gasteiger partial charge >= 0.3 is 0 Å². The number of benzene rings is 1. The van der Waals surface area contributed by atoms with E-state index in [2.05, 4.69) is 15.3 Å². The number of piperazine rings is 1. The van der Waals surface area contributed by atoms with Crippen LogP contribution in [0.15, 0.2) is 36.5 Å². The predicted molar refractivity (Wildman–Crippen MR) is 101 cm³/mol. The van der Waals surface area contributed by atoms with Crippen LogP contribution in [0.25, 0.3) is 0 Å². The van der Waals surface area contributed by atoms with Crippen LogP contribution in [0, 0.1) is 0 Å². The lowest BCUT2D eigenvalue weighted by atomic mass is 10.1. The van der Waals surface area contributed by atoms with Gasteiger partial charge in [0, 0.05) is 50.6 Å². The zero-order valence-electron chi connectivity index (χ0n) is 15.3. The molecule has 3 rings (SSSR count). The SMILES string of the molecule is CC(=O)c1cccc(NC(=O)c2ccnc(N3CCN(C(C)=O)CC3)n2)c1. The molecular formula is C19H21N5O3. The van der Waals surface area contributed by atoms with Gasteiger partial charge in [0.25, 0.3) is 5.91 Å². The number of carbonyl (C=O) groups excluding carboxylic acids is 3. The van der Waals surface area contributed by atoms with Gasteiger partial charge in [-0.25, -0.2) is 9.97 Å². The van der Waals surface area contributed by atoms with Crippen LogP contribution in [-0.2, 0) is 4.79 Å². The first kappa shape index (κ1) is 18.5. The molecule has 1 saturated heterocycles. The number of nitrogens with one attached hydrogen (secondary N) is 1. The average molecular weight is 367 g/mol. The molecule has 2 heterocycles. The van der Waals surface area contributed by atoms with Gasteiger partial charge in [-0.3, -0.25) is 14.4 Å². The maximum Gasteiger partial charge on any atom is 0.274 e. The van der Waals surface area contributed by atoms with Gasteiger partial charge < -0.3 is 15.1 Å². The number of hydrogen-bond acceptors (Lipinski definition) is 6. The topological polar surface area (TPSA) is 95.5 Å². The van der Waals surface area contributed by atoms with Crippen molar-refractivity contribution in [2.75, 3.05) is 36.4 Å². The van der Waals surface area contributed by atoms with Gasteiger partial charge in [-0.1, -0.05) is 12.1 Å². The summed E-state index contributed by atoms with van der Waals surface area (Å²) in [6.07, 6.45) is 1.54. The fraction of sp³-hybridized carbons (Fsp3) is 0.316. The molecule has 2 amide bonds. The molecule has 0 saturated carbocycles. The van der Waals surface area contributed by atoms with Crippen molar-refractivity contribution < 1.29 is 14.4 Å². The highest BCUT2D eigenvalue weighted by atomic mass is 16.2. The van der Waals surface area contributed by atoms with E-state index in [1.807, 2.05) is 4.90 Å². The van der Waals surface area contributed by atoms with Crippen molar-refractivity contribution in [3.8, 4) is 0 Å². The summed E-state index contributed by atoms with van der Waals surface area (Å²) in [5, 5.41) is 2.75. The zero-order valence-corrected chi connectivity index (χ0v) is 15.3. The first-order chi connectivity index (χ1) is 12.9. The Morgan fingerprint density at radius 3 is 2.44 bits per heavy atom. The van der Waals surface area contributed by atoms with E-state index in [-0.39, 0.29) is 23.3 Å². The van der Waals surface area contributed by atoms with Gasteiger partial charge in [0.05, 0.1) is 0 Å². The lowest BCUT2D eigenvalue weighted by molar-refractivity contribution is -0.129. The quantitative estimate of drug-likeness (QED) is 0.825. The molecule has 1 aromatic heterocycles. The van der Waals surface area contributed by atoms with Crippen LogP contribution in [0.5, 0.6) is 0 Å². The Balaban J connectivity index is 1.70. The van der Waals surface area contributed by atoms with Crippen LogP contribution >= 0.6 is 0 Å². The largest absolute Gasteiger partial charge is 0.339 e. The van der Waals surface area contributed by atoms with Crippen LogP contribution < -0.4 is 10.2 Å². The molecule has 1 fully saturated rings. The molecule has 1 aliphatic heterocycles. The summed E-state index contributed by atoms with van der Waals surface area (Å²) < 4.78 is 0. The first-order valence-electron chi connectivity index (χ1n) is 8.70. The highest BCUT2D eigenvalue weighted by molar-refractivity contribution is 6.04. The molecule has 1 N–H and O–H groups in total. The molecule has 0 unspecified atom stereocenters. The summed E-state index contributed by atoms with van der Waals surface area (Å²) in [6.45, 7) is 5.47. The van der Waals surface area contributed by atoms with Gasteiger partial charge in [0.1, 0.15) is 5.69 Å². The molecule has 0 aliphatic carbocycles. The lowest BCUT2D eigenvalue weighted by Crippen LogP contribution is -2.48. The third-order valence-corrected chi connectivity index (χ3v) is 4.41. The molecule has 1 aromatic carbocycles. The Morgan fingerprint density at radius 1 is 1.04 bits per heavy atom. The van der Waals surface area contributed by atoms with Gasteiger partial charge in [-0.15, -0.1) is 0 Å². The summed E-state index contributed by atoms with van der Waals surface area (Å²) in [5.74, 6) is 0.0710. The second-order valence-electron chi connectivity index (χ2n) is 6.33. The van der Waals surface area contributed by atoms with E-state index >= 15 is 0 Å². The molecule has 0 spiro atoms. The standard InChI is InChI=1S/C19H21N5O3/c1-13(25)15-4-3-5-16(12-15)21-18(27)17-6-7-20-19(22-17)24-10-8-23(9-11-24)14(2)26/h3-7,12H,8-11H2,1-2H3,(H,21,27). The van der Waals surface area contributed by atoms with Crippen LogP contribution in [0.4, 0.5) is 11.6 Å². The molecule has 27 heavy (non-hydrogen) atoms. The fourth-order valence-electron chi connectivity index (χ4n) is 2.86. The molecule has 8 nitrogen and oxygen atoms in total. The highest BCUT2D eigenvalue weighted by Crippen LogP contribution is 2.15. The smallest absolute Gasteiger partial charge is 0.274 e. The normalized spacial score (nSPS) is 14.0. The van der Waals surface area contributed by atoms with Crippen molar-refractivity contribution in [1.82, 2.24) is 14.9 Å². The number of rotatable bonds is 4. The van der Waals surface area contributed by atoms with Gasteiger partial charge in [-0.2, -0.15) is 0 Å². The van der Waals surface area contributed by atoms with Crippen molar-refractivity contribution in [1.29, 1.82) is 0 Å². The molecule has 0 atom stereocenters. The van der Waals surface area contributed by atoms with Crippen molar-refractivity contribution in [3.05, 3.63) is 47.8 Å². The highest BCUT2D eigenvalue weighted by Gasteiger charge is 2.21. The molecule has 1 aliphatic rings. The molecular weight excluding hydrogens is 346 g/mol. The van der Waals surface area contributed by atoms with Crippen molar-refractivity contribution in [3.63, 3.8) is 0 Å². The Morgan fingerprint density at radius 2 is 1.78 bits per heavy atom. The van der Waals surface area contributed by atoms with E-state index in [1.165, 1.54) is 6.92 Å². The molecule has 140 valence electrons. The Kier molecular flexibility index (Phi) is 5.44. The summed E-state index contributed by atoms with van der Waals surface area (Å²) in [5.41, 5.74) is 1.30. The van der Waals surface area contributed by atoms with E-state index in [4.69, 9.17) is 0 Å². The summed E-state index contributed by atoms with van der Waals surface area (Å²) >= 11 is 0. The second kappa shape index (κ2) is 7.94. The maximum atomic E-state index is 12.5. The third kappa shape index (κ3) is 4.46. The number of nitrogens with zero attached hydrogens (tertiary/aromatic N) is 4. The van der Waals surface area contributed by atoms with Crippen LogP contribution in [0.1, 0.15) is 34.7 Å². The van der Waals surface area contributed by atoms with Crippen molar-refractivity contribution in [2.24, 2.45) is 0 Å². The summed E-state index contributed by atoms with van der Waals surface area (Å²) in [7, 11) is 0. The van der Waals surface area contributed by atoms with Crippen molar-refractivity contribution >= 4 is 29.2 Å². The number of hydrogen-bond donors (Lipinski definition) is 1. The average Bonchev–Trinajstić information content (AvgIpc) is 2.68. The van der Waals surface area contributed by atoms with Crippen LogP contribution in [-0.4, -0.2) is 58.6 Å². The zero-order chi connectivity index (χ0) is 19.4. The minimum Gasteiger partial charge on any atom is -0.339 e. The van der Waals surface area contributed by atoms with Crippen LogP contribution in [0.3, 0.4) is 0 Å². The van der Waals surface area contributed by atoms with Gasteiger partial charge in [-0.05, 0) is 25.1 Å². The lowest BCUT2D eigenvalue weighted by Gasteiger charge is -2.34. The third-order valence-electron chi connectivity index (χ3n) is 4.41. The van der Waals surface area contributed by atoms with E-state index in [1.54, 1.807) is 48.4 Å². The van der Waals surface area contributed by atoms with E-state index in [0.29, 0.717) is 43.4 Å². The predicted octanol–water partition coefficient (Wildman–Crippen LogP) is 1.60. The van der Waals surface area contributed by atoms with Crippen molar-refractivity contribution in [2.45, 2.75) is 13.8 Å². The number of anilines is 2. The van der Waals surface area contributed by atoms with E-state index in [0.717, 1.165) is 0 Å². The number of carbonyl (C=O) groups is 3.